The van der Waals surface area contributed by atoms with Crippen LogP contribution in [0.5, 0.6) is 0 Å². The third kappa shape index (κ3) is 2.99. The minimum Gasteiger partial charge on any atom is -0.329 e. The summed E-state index contributed by atoms with van der Waals surface area (Å²) in [7, 11) is 0. The van der Waals surface area contributed by atoms with E-state index in [0.717, 1.165) is 5.69 Å². The lowest BCUT2D eigenvalue weighted by Gasteiger charge is -2.19. The number of nitrogens with zero attached hydrogens (tertiary/aromatic N) is 2. The minimum atomic E-state index is 0.140. The molecule has 1 atom stereocenters. The number of rotatable bonds is 4. The molecule has 0 saturated carbocycles. The molecule has 3 nitrogen and oxygen atoms in total. The molecule has 2 N–H and O–H groups in total. The van der Waals surface area contributed by atoms with Crippen molar-refractivity contribution in [3.8, 4) is 0 Å². The summed E-state index contributed by atoms with van der Waals surface area (Å²) in [6, 6.07) is 8.57. The quantitative estimate of drug-likeness (QED) is 0.913. The summed E-state index contributed by atoms with van der Waals surface area (Å²) in [4.78, 5) is 8.32. The highest BCUT2D eigenvalue weighted by molar-refractivity contribution is 5.39. The Morgan fingerprint density at radius 2 is 2.00 bits per heavy atom. The van der Waals surface area contributed by atoms with Crippen LogP contribution in [0, 0.1) is 6.92 Å². The predicted octanol–water partition coefficient (Wildman–Crippen LogP) is 3.00. The van der Waals surface area contributed by atoms with Crippen molar-refractivity contribution in [3.05, 3.63) is 59.2 Å². The third-order valence-electron chi connectivity index (χ3n) is 3.54. The van der Waals surface area contributed by atoms with Gasteiger partial charge >= 0.3 is 0 Å². The van der Waals surface area contributed by atoms with Gasteiger partial charge in [-0.1, -0.05) is 32.0 Å². The molecule has 100 valence electrons. The SMILES string of the molecule is Cc1ccc(C(C)C)cc1C(CN)c1ccncn1. The van der Waals surface area contributed by atoms with E-state index in [9.17, 15) is 0 Å². The largest absolute Gasteiger partial charge is 0.329 e. The van der Waals surface area contributed by atoms with Crippen molar-refractivity contribution >= 4 is 0 Å². The zero-order valence-electron chi connectivity index (χ0n) is 11.8. The smallest absolute Gasteiger partial charge is 0.115 e. The standard InChI is InChI=1S/C16H21N3/c1-11(2)13-5-4-12(3)14(8-13)15(9-17)16-6-7-18-10-19-16/h4-8,10-11,15H,9,17H2,1-3H3. The van der Waals surface area contributed by atoms with Crippen LogP contribution >= 0.6 is 0 Å². The van der Waals surface area contributed by atoms with Crippen molar-refractivity contribution in [2.24, 2.45) is 5.73 Å². The summed E-state index contributed by atoms with van der Waals surface area (Å²) in [5, 5.41) is 0. The van der Waals surface area contributed by atoms with Gasteiger partial charge in [-0.2, -0.15) is 0 Å². The van der Waals surface area contributed by atoms with E-state index < -0.39 is 0 Å². The number of aryl methyl sites for hydroxylation is 1. The van der Waals surface area contributed by atoms with Gasteiger partial charge in [-0.15, -0.1) is 0 Å². The van der Waals surface area contributed by atoms with E-state index in [0.29, 0.717) is 12.5 Å². The molecule has 0 saturated heterocycles. The summed E-state index contributed by atoms with van der Waals surface area (Å²) in [6.45, 7) is 7.09. The Morgan fingerprint density at radius 3 is 2.58 bits per heavy atom. The molecule has 0 spiro atoms. The molecule has 19 heavy (non-hydrogen) atoms. The molecule has 3 heteroatoms. The van der Waals surface area contributed by atoms with Crippen LogP contribution in [0.1, 0.15) is 48.1 Å². The summed E-state index contributed by atoms with van der Waals surface area (Å²) in [5.74, 6) is 0.657. The third-order valence-corrected chi connectivity index (χ3v) is 3.54. The fourth-order valence-electron chi connectivity index (χ4n) is 2.31. The second-order valence-corrected chi connectivity index (χ2v) is 5.19. The molecule has 0 aliphatic rings. The van der Waals surface area contributed by atoms with Crippen molar-refractivity contribution in [2.75, 3.05) is 6.54 Å². The molecule has 0 radical (unpaired) electrons. The normalized spacial score (nSPS) is 12.7. The van der Waals surface area contributed by atoms with E-state index in [1.807, 2.05) is 6.07 Å². The molecule has 1 aromatic heterocycles. The van der Waals surface area contributed by atoms with E-state index in [2.05, 4.69) is 48.9 Å². The summed E-state index contributed by atoms with van der Waals surface area (Å²) < 4.78 is 0. The summed E-state index contributed by atoms with van der Waals surface area (Å²) >= 11 is 0. The van der Waals surface area contributed by atoms with Crippen LogP contribution in [-0.4, -0.2) is 16.5 Å². The molecule has 1 heterocycles. The zero-order valence-corrected chi connectivity index (χ0v) is 11.8. The number of hydrogen-bond donors (Lipinski definition) is 1. The molecule has 0 fully saturated rings. The van der Waals surface area contributed by atoms with Crippen LogP contribution < -0.4 is 5.73 Å². The maximum atomic E-state index is 5.97. The van der Waals surface area contributed by atoms with Gasteiger partial charge in [-0.25, -0.2) is 9.97 Å². The highest BCUT2D eigenvalue weighted by Gasteiger charge is 2.17. The average Bonchev–Trinajstić information content (AvgIpc) is 2.42. The van der Waals surface area contributed by atoms with Crippen molar-refractivity contribution < 1.29 is 0 Å². The first-order valence-corrected chi connectivity index (χ1v) is 6.70. The maximum Gasteiger partial charge on any atom is 0.115 e. The van der Waals surface area contributed by atoms with Crippen LogP contribution in [0.2, 0.25) is 0 Å². The Bertz CT molecular complexity index is 535. The topological polar surface area (TPSA) is 51.8 Å². The summed E-state index contributed by atoms with van der Waals surface area (Å²) in [5.41, 5.74) is 10.8. The number of nitrogens with two attached hydrogens (primary N) is 1. The molecule has 2 aromatic rings. The van der Waals surface area contributed by atoms with Gasteiger partial charge in [0.2, 0.25) is 0 Å². The van der Waals surface area contributed by atoms with Gasteiger partial charge in [-0.3, -0.25) is 0 Å². The first-order valence-electron chi connectivity index (χ1n) is 6.70. The van der Waals surface area contributed by atoms with Gasteiger partial charge in [0, 0.05) is 18.7 Å². The monoisotopic (exact) mass is 255 g/mol. The van der Waals surface area contributed by atoms with E-state index >= 15 is 0 Å². The summed E-state index contributed by atoms with van der Waals surface area (Å²) in [6.07, 6.45) is 3.35. The van der Waals surface area contributed by atoms with Gasteiger partial charge in [0.25, 0.3) is 0 Å². The van der Waals surface area contributed by atoms with Crippen LogP contribution in [0.25, 0.3) is 0 Å². The van der Waals surface area contributed by atoms with Crippen LogP contribution in [0.4, 0.5) is 0 Å². The van der Waals surface area contributed by atoms with E-state index in [-0.39, 0.29) is 5.92 Å². The van der Waals surface area contributed by atoms with Crippen LogP contribution in [-0.2, 0) is 0 Å². The first-order chi connectivity index (χ1) is 9.13. The Labute approximate surface area is 114 Å². The van der Waals surface area contributed by atoms with Gasteiger partial charge in [-0.05, 0) is 35.6 Å². The molecule has 0 amide bonds. The van der Waals surface area contributed by atoms with Gasteiger partial charge < -0.3 is 5.73 Å². The number of benzene rings is 1. The highest BCUT2D eigenvalue weighted by Crippen LogP contribution is 2.28. The second kappa shape index (κ2) is 5.93. The molecule has 0 aliphatic heterocycles. The number of aromatic nitrogens is 2. The van der Waals surface area contributed by atoms with Gasteiger partial charge in [0.15, 0.2) is 0 Å². The first kappa shape index (κ1) is 13.7. The second-order valence-electron chi connectivity index (χ2n) is 5.19. The maximum absolute atomic E-state index is 5.97. The Hall–Kier alpha value is -1.74. The molecule has 1 unspecified atom stereocenters. The lowest BCUT2D eigenvalue weighted by atomic mass is 9.88. The Kier molecular flexibility index (Phi) is 4.27. The van der Waals surface area contributed by atoms with E-state index in [4.69, 9.17) is 5.73 Å². The van der Waals surface area contributed by atoms with E-state index in [1.165, 1.54) is 16.7 Å². The Morgan fingerprint density at radius 1 is 1.21 bits per heavy atom. The van der Waals surface area contributed by atoms with Crippen LogP contribution in [0.3, 0.4) is 0 Å². The molecular formula is C16H21N3. The Balaban J connectivity index is 2.46. The highest BCUT2D eigenvalue weighted by atomic mass is 14.8. The molecule has 0 bridgehead atoms. The average molecular weight is 255 g/mol. The van der Waals surface area contributed by atoms with Crippen molar-refractivity contribution in [3.63, 3.8) is 0 Å². The molecule has 2 rings (SSSR count). The minimum absolute atomic E-state index is 0.140. The lowest BCUT2D eigenvalue weighted by Crippen LogP contribution is -2.16. The predicted molar refractivity (Wildman–Crippen MR) is 78.2 cm³/mol. The van der Waals surface area contributed by atoms with Crippen molar-refractivity contribution in [1.82, 2.24) is 9.97 Å². The molecular weight excluding hydrogens is 234 g/mol. The lowest BCUT2D eigenvalue weighted by molar-refractivity contribution is 0.768. The van der Waals surface area contributed by atoms with Gasteiger partial charge in [0.1, 0.15) is 6.33 Å². The van der Waals surface area contributed by atoms with Crippen LogP contribution in [0.15, 0.2) is 36.8 Å². The van der Waals surface area contributed by atoms with E-state index in [1.54, 1.807) is 12.5 Å². The fraction of sp³-hybridized carbons (Fsp3) is 0.375. The number of hydrogen-bond acceptors (Lipinski definition) is 3. The molecule has 0 aliphatic carbocycles. The van der Waals surface area contributed by atoms with Crippen molar-refractivity contribution in [2.45, 2.75) is 32.6 Å². The zero-order chi connectivity index (χ0) is 13.8. The van der Waals surface area contributed by atoms with Gasteiger partial charge in [0.05, 0.1) is 5.69 Å². The fourth-order valence-corrected chi connectivity index (χ4v) is 2.31. The molecule has 1 aromatic carbocycles. The van der Waals surface area contributed by atoms with Crippen molar-refractivity contribution in [1.29, 1.82) is 0 Å².